The van der Waals surface area contributed by atoms with Crippen LogP contribution in [0.15, 0.2) is 54.7 Å². The largest absolute Gasteiger partial charge is 0.491 e. The van der Waals surface area contributed by atoms with E-state index in [9.17, 15) is 14.9 Å². The van der Waals surface area contributed by atoms with E-state index in [1.165, 1.54) is 18.2 Å². The van der Waals surface area contributed by atoms with Gasteiger partial charge in [-0.1, -0.05) is 29.8 Å². The summed E-state index contributed by atoms with van der Waals surface area (Å²) in [6.45, 7) is 0.675. The second kappa shape index (κ2) is 8.46. The van der Waals surface area contributed by atoms with Gasteiger partial charge in [0.25, 0.3) is 11.6 Å². The molecule has 0 spiro atoms. The molecule has 1 heterocycles. The molecule has 0 aliphatic carbocycles. The van der Waals surface area contributed by atoms with Gasteiger partial charge in [0.15, 0.2) is 0 Å². The fourth-order valence-corrected chi connectivity index (χ4v) is 2.77. The topological polar surface area (TPSA) is 94.4 Å². The zero-order chi connectivity index (χ0) is 19.2. The summed E-state index contributed by atoms with van der Waals surface area (Å²) in [7, 11) is 0. The predicted octanol–water partition coefficient (Wildman–Crippen LogP) is 4.00. The maximum Gasteiger partial charge on any atom is 0.282 e. The number of carbonyl (C=O) groups is 1. The molecule has 1 amide bonds. The highest BCUT2D eigenvalue weighted by Crippen LogP contribution is 2.23. The zero-order valence-electron chi connectivity index (χ0n) is 14.2. The first-order valence-electron chi connectivity index (χ1n) is 8.25. The minimum Gasteiger partial charge on any atom is -0.491 e. The van der Waals surface area contributed by atoms with Crippen LogP contribution in [0.5, 0.6) is 5.75 Å². The Balaban J connectivity index is 1.54. The number of carbonyl (C=O) groups excluding carboxylic acids is 1. The summed E-state index contributed by atoms with van der Waals surface area (Å²) >= 11 is 5.84. The number of nitrogens with zero attached hydrogens (tertiary/aromatic N) is 2. The standard InChI is InChI=1S/C19H16ClN3O4/c20-14-7-8-16(23(25)26)15(12-14)19(24)22-10-3-11-27-17-6-1-4-13-5-2-9-21-18(13)17/h1-2,4-9,12H,3,10-11H2,(H,22,24). The maximum absolute atomic E-state index is 12.2. The van der Waals surface area contributed by atoms with Crippen LogP contribution in [0.3, 0.4) is 0 Å². The van der Waals surface area contributed by atoms with Crippen molar-refractivity contribution in [2.45, 2.75) is 6.42 Å². The summed E-state index contributed by atoms with van der Waals surface area (Å²) < 4.78 is 5.74. The predicted molar refractivity (Wildman–Crippen MR) is 102 cm³/mol. The number of fused-ring (bicyclic) bond motifs is 1. The Morgan fingerprint density at radius 3 is 2.85 bits per heavy atom. The third-order valence-corrected chi connectivity index (χ3v) is 4.09. The molecule has 0 bridgehead atoms. The van der Waals surface area contributed by atoms with Gasteiger partial charge in [-0.2, -0.15) is 0 Å². The molecule has 0 aliphatic heterocycles. The van der Waals surface area contributed by atoms with E-state index in [1.807, 2.05) is 30.3 Å². The smallest absolute Gasteiger partial charge is 0.282 e. The number of nitrogens with one attached hydrogen (secondary N) is 1. The second-order valence-electron chi connectivity index (χ2n) is 5.71. The molecule has 0 radical (unpaired) electrons. The summed E-state index contributed by atoms with van der Waals surface area (Å²) in [4.78, 5) is 26.9. The number of hydrogen-bond acceptors (Lipinski definition) is 5. The summed E-state index contributed by atoms with van der Waals surface area (Å²) in [5.41, 5.74) is 0.431. The van der Waals surface area contributed by atoms with Crippen molar-refractivity contribution in [3.05, 3.63) is 75.4 Å². The van der Waals surface area contributed by atoms with E-state index in [-0.39, 0.29) is 16.3 Å². The number of amides is 1. The van der Waals surface area contributed by atoms with Crippen LogP contribution in [0.2, 0.25) is 5.02 Å². The molecule has 1 aromatic heterocycles. The normalized spacial score (nSPS) is 10.6. The van der Waals surface area contributed by atoms with E-state index < -0.39 is 10.8 Å². The Hall–Kier alpha value is -3.19. The lowest BCUT2D eigenvalue weighted by Crippen LogP contribution is -2.26. The summed E-state index contributed by atoms with van der Waals surface area (Å²) in [6.07, 6.45) is 2.23. The van der Waals surface area contributed by atoms with Gasteiger partial charge < -0.3 is 10.1 Å². The molecule has 8 heteroatoms. The number of para-hydroxylation sites is 1. The third kappa shape index (κ3) is 4.51. The number of hydrogen-bond donors (Lipinski definition) is 1. The molecule has 1 N–H and O–H groups in total. The van der Waals surface area contributed by atoms with Crippen LogP contribution in [-0.4, -0.2) is 29.0 Å². The van der Waals surface area contributed by atoms with Crippen LogP contribution in [0.25, 0.3) is 10.9 Å². The van der Waals surface area contributed by atoms with Crippen molar-refractivity contribution in [2.24, 2.45) is 0 Å². The molecular formula is C19H16ClN3O4. The van der Waals surface area contributed by atoms with E-state index >= 15 is 0 Å². The Morgan fingerprint density at radius 2 is 2.04 bits per heavy atom. The van der Waals surface area contributed by atoms with Crippen molar-refractivity contribution in [1.29, 1.82) is 0 Å². The Labute approximate surface area is 160 Å². The van der Waals surface area contributed by atoms with E-state index in [2.05, 4.69) is 10.3 Å². The van der Waals surface area contributed by atoms with Crippen molar-refractivity contribution in [3.8, 4) is 5.75 Å². The van der Waals surface area contributed by atoms with Crippen LogP contribution in [0, 0.1) is 10.1 Å². The summed E-state index contributed by atoms with van der Waals surface area (Å²) in [6, 6.07) is 13.4. The summed E-state index contributed by atoms with van der Waals surface area (Å²) in [5, 5.41) is 14.9. The Morgan fingerprint density at radius 1 is 1.22 bits per heavy atom. The zero-order valence-corrected chi connectivity index (χ0v) is 15.0. The van der Waals surface area contributed by atoms with Gasteiger partial charge in [0.05, 0.1) is 11.5 Å². The van der Waals surface area contributed by atoms with Crippen LogP contribution in [0.4, 0.5) is 5.69 Å². The monoisotopic (exact) mass is 385 g/mol. The fourth-order valence-electron chi connectivity index (χ4n) is 2.59. The van der Waals surface area contributed by atoms with Gasteiger partial charge in [-0.15, -0.1) is 0 Å². The van der Waals surface area contributed by atoms with Gasteiger partial charge in [-0.05, 0) is 30.7 Å². The first-order valence-corrected chi connectivity index (χ1v) is 8.63. The minimum absolute atomic E-state index is 0.0633. The minimum atomic E-state index is -0.609. The molecule has 27 heavy (non-hydrogen) atoms. The molecule has 3 aromatic rings. The maximum atomic E-state index is 12.2. The number of nitro groups is 1. The molecule has 0 aliphatic rings. The molecule has 138 valence electrons. The van der Waals surface area contributed by atoms with Gasteiger partial charge in [0.1, 0.15) is 16.8 Å². The van der Waals surface area contributed by atoms with E-state index in [4.69, 9.17) is 16.3 Å². The average molecular weight is 386 g/mol. The molecule has 2 aromatic carbocycles. The van der Waals surface area contributed by atoms with Gasteiger partial charge >= 0.3 is 0 Å². The number of nitro benzene ring substituents is 1. The number of benzene rings is 2. The van der Waals surface area contributed by atoms with E-state index in [0.717, 1.165) is 10.9 Å². The third-order valence-electron chi connectivity index (χ3n) is 3.86. The van der Waals surface area contributed by atoms with E-state index in [1.54, 1.807) is 6.20 Å². The lowest BCUT2D eigenvalue weighted by molar-refractivity contribution is -0.385. The van der Waals surface area contributed by atoms with Crippen molar-refractivity contribution in [2.75, 3.05) is 13.2 Å². The Kier molecular flexibility index (Phi) is 5.83. The highest BCUT2D eigenvalue weighted by Gasteiger charge is 2.20. The van der Waals surface area contributed by atoms with Crippen molar-refractivity contribution in [3.63, 3.8) is 0 Å². The van der Waals surface area contributed by atoms with Gasteiger partial charge in [-0.25, -0.2) is 0 Å². The van der Waals surface area contributed by atoms with Crippen LogP contribution in [0.1, 0.15) is 16.8 Å². The quantitative estimate of drug-likeness (QED) is 0.377. The molecule has 0 saturated heterocycles. The van der Waals surface area contributed by atoms with Gasteiger partial charge in [0.2, 0.25) is 0 Å². The summed E-state index contributed by atoms with van der Waals surface area (Å²) in [5.74, 6) is 0.126. The SMILES string of the molecule is O=C(NCCCOc1cccc2cccnc12)c1cc(Cl)ccc1[N+](=O)[O-]. The number of halogens is 1. The van der Waals surface area contributed by atoms with E-state index in [0.29, 0.717) is 25.3 Å². The number of rotatable bonds is 7. The molecule has 0 fully saturated rings. The van der Waals surface area contributed by atoms with Crippen LogP contribution >= 0.6 is 11.6 Å². The van der Waals surface area contributed by atoms with Gasteiger partial charge in [0, 0.05) is 29.2 Å². The van der Waals surface area contributed by atoms with Crippen LogP contribution < -0.4 is 10.1 Å². The molecule has 3 rings (SSSR count). The van der Waals surface area contributed by atoms with Crippen molar-refractivity contribution < 1.29 is 14.5 Å². The van der Waals surface area contributed by atoms with Crippen molar-refractivity contribution in [1.82, 2.24) is 10.3 Å². The lowest BCUT2D eigenvalue weighted by atomic mass is 10.1. The lowest BCUT2D eigenvalue weighted by Gasteiger charge is -2.09. The fraction of sp³-hybridized carbons (Fsp3) is 0.158. The number of ether oxygens (including phenoxy) is 1. The first kappa shape index (κ1) is 18.6. The highest BCUT2D eigenvalue weighted by molar-refractivity contribution is 6.31. The second-order valence-corrected chi connectivity index (χ2v) is 6.14. The molecule has 0 atom stereocenters. The highest BCUT2D eigenvalue weighted by atomic mass is 35.5. The van der Waals surface area contributed by atoms with Crippen molar-refractivity contribution >= 4 is 34.1 Å². The Bertz CT molecular complexity index is 988. The molecule has 0 saturated carbocycles. The number of pyridine rings is 1. The molecular weight excluding hydrogens is 370 g/mol. The molecule has 7 nitrogen and oxygen atoms in total. The number of aromatic nitrogens is 1. The van der Waals surface area contributed by atoms with Crippen LogP contribution in [-0.2, 0) is 0 Å². The van der Waals surface area contributed by atoms with Gasteiger partial charge in [-0.3, -0.25) is 19.9 Å². The average Bonchev–Trinajstić information content (AvgIpc) is 2.67. The molecule has 0 unspecified atom stereocenters. The first-order chi connectivity index (χ1) is 13.1.